The second-order valence-corrected chi connectivity index (χ2v) is 12.2. The maximum atomic E-state index is 12.8. The van der Waals surface area contributed by atoms with Crippen LogP contribution in [0.4, 0.5) is 22.7 Å². The number of carbonyl (C=O) groups is 1. The Bertz CT molecular complexity index is 1650. The molecule has 1 aliphatic carbocycles. The van der Waals surface area contributed by atoms with Gasteiger partial charge >= 0.3 is 0 Å². The van der Waals surface area contributed by atoms with Crippen LogP contribution in [0.3, 0.4) is 0 Å². The molecule has 4 heterocycles. The molecule has 2 unspecified atom stereocenters. The smallest absolute Gasteiger partial charge is 0.243 e. The van der Waals surface area contributed by atoms with Crippen LogP contribution in [0.5, 0.6) is 0 Å². The fourth-order valence-corrected chi connectivity index (χ4v) is 6.51. The molecule has 2 atom stereocenters. The number of hydrogen-bond donors (Lipinski definition) is 2. The zero-order valence-corrected chi connectivity index (χ0v) is 25.4. The summed E-state index contributed by atoms with van der Waals surface area (Å²) in [6.07, 6.45) is 16.1. The van der Waals surface area contributed by atoms with Gasteiger partial charge in [0.2, 0.25) is 12.1 Å². The fourth-order valence-electron chi connectivity index (χ4n) is 6.51. The minimum absolute atomic E-state index is 0.161. The molecular weight excluding hydrogens is 550 g/mol. The van der Waals surface area contributed by atoms with Crippen LogP contribution >= 0.6 is 0 Å². The SMILES string of the molecule is CN1C=CN(C2CCN(c3ccc(N=C4C=C(Nc5ccc(N6CCC(n7cc[n+](C)c7)C6)cc5)C(=O)C=C4N)cc3)C2)C1. The van der Waals surface area contributed by atoms with Crippen LogP contribution in [-0.4, -0.2) is 71.8 Å². The van der Waals surface area contributed by atoms with Gasteiger partial charge in [-0.3, -0.25) is 4.79 Å². The fraction of sp³-hybridized carbons (Fsp3) is 0.324. The molecule has 2 aromatic carbocycles. The van der Waals surface area contributed by atoms with Gasteiger partial charge in [0, 0.05) is 74.7 Å². The first-order chi connectivity index (χ1) is 21.4. The maximum absolute atomic E-state index is 12.8. The van der Waals surface area contributed by atoms with E-state index in [4.69, 9.17) is 10.7 Å². The first-order valence-electron chi connectivity index (χ1n) is 15.3. The zero-order valence-electron chi connectivity index (χ0n) is 25.4. The lowest BCUT2D eigenvalue weighted by Gasteiger charge is -2.26. The minimum atomic E-state index is -0.161. The van der Waals surface area contributed by atoms with Gasteiger partial charge in [-0.05, 0) is 61.0 Å². The lowest BCUT2D eigenvalue weighted by molar-refractivity contribution is -0.671. The molecule has 4 aliphatic rings. The molecule has 10 heteroatoms. The molecule has 0 amide bonds. The maximum Gasteiger partial charge on any atom is 0.243 e. The Balaban J connectivity index is 0.991. The number of nitrogens with one attached hydrogen (secondary N) is 1. The van der Waals surface area contributed by atoms with Crippen molar-refractivity contribution in [1.82, 2.24) is 14.4 Å². The second kappa shape index (κ2) is 11.6. The van der Waals surface area contributed by atoms with Crippen molar-refractivity contribution in [1.29, 1.82) is 0 Å². The molecule has 1 aromatic heterocycles. The first kappa shape index (κ1) is 27.8. The van der Waals surface area contributed by atoms with Crippen molar-refractivity contribution in [2.24, 2.45) is 17.8 Å². The Morgan fingerprint density at radius 2 is 1.59 bits per heavy atom. The predicted octanol–water partition coefficient (Wildman–Crippen LogP) is 3.51. The third kappa shape index (κ3) is 5.79. The summed E-state index contributed by atoms with van der Waals surface area (Å²) in [5, 5.41) is 3.29. The van der Waals surface area contributed by atoms with E-state index >= 15 is 0 Å². The molecule has 0 radical (unpaired) electrons. The number of benzene rings is 2. The minimum Gasteiger partial charge on any atom is -0.397 e. The molecule has 226 valence electrons. The Hall–Kier alpha value is -4.99. The molecule has 3 N–H and O–H groups in total. The van der Waals surface area contributed by atoms with E-state index in [9.17, 15) is 4.79 Å². The van der Waals surface area contributed by atoms with Gasteiger partial charge in [-0.2, -0.15) is 0 Å². The highest BCUT2D eigenvalue weighted by Crippen LogP contribution is 2.29. The quantitative estimate of drug-likeness (QED) is 0.322. The Labute approximate surface area is 258 Å². The van der Waals surface area contributed by atoms with E-state index in [0.717, 1.165) is 57.1 Å². The van der Waals surface area contributed by atoms with Crippen LogP contribution < -0.4 is 25.4 Å². The second-order valence-electron chi connectivity index (χ2n) is 12.2. The first-order valence-corrected chi connectivity index (χ1v) is 15.3. The van der Waals surface area contributed by atoms with Gasteiger partial charge in [-0.1, -0.05) is 0 Å². The molecule has 0 saturated carbocycles. The van der Waals surface area contributed by atoms with Crippen molar-refractivity contribution in [2.75, 3.05) is 55.0 Å². The highest BCUT2D eigenvalue weighted by atomic mass is 16.1. The number of rotatable bonds is 7. The van der Waals surface area contributed by atoms with Gasteiger partial charge in [-0.15, -0.1) is 0 Å². The number of nitrogens with two attached hydrogens (primary N) is 1. The van der Waals surface area contributed by atoms with Gasteiger partial charge in [0.15, 0.2) is 0 Å². The molecule has 7 rings (SSSR count). The van der Waals surface area contributed by atoms with Gasteiger partial charge in [0.05, 0.1) is 43.1 Å². The molecule has 3 aliphatic heterocycles. The summed E-state index contributed by atoms with van der Waals surface area (Å²) in [6.45, 7) is 4.99. The third-order valence-corrected chi connectivity index (χ3v) is 9.01. The Morgan fingerprint density at radius 3 is 2.25 bits per heavy atom. The van der Waals surface area contributed by atoms with Crippen molar-refractivity contribution < 1.29 is 9.36 Å². The molecule has 0 spiro atoms. The topological polar surface area (TPSA) is 89.2 Å². The average Bonchev–Trinajstić information content (AvgIpc) is 3.84. The summed E-state index contributed by atoms with van der Waals surface area (Å²) < 4.78 is 4.37. The van der Waals surface area contributed by atoms with Crippen LogP contribution in [0, 0.1) is 0 Å². The van der Waals surface area contributed by atoms with Gasteiger partial charge in [0.1, 0.15) is 18.4 Å². The number of ketones is 1. The van der Waals surface area contributed by atoms with Gasteiger partial charge < -0.3 is 30.7 Å². The van der Waals surface area contributed by atoms with E-state index in [1.54, 1.807) is 6.08 Å². The van der Waals surface area contributed by atoms with E-state index in [2.05, 4.69) is 96.5 Å². The summed E-state index contributed by atoms with van der Waals surface area (Å²) in [7, 11) is 4.16. The number of carbonyl (C=O) groups excluding carboxylic acids is 1. The van der Waals surface area contributed by atoms with Crippen LogP contribution in [-0.2, 0) is 11.8 Å². The highest BCUT2D eigenvalue weighted by molar-refractivity contribution is 6.23. The lowest BCUT2D eigenvalue weighted by Crippen LogP contribution is -2.35. The van der Waals surface area contributed by atoms with E-state index < -0.39 is 0 Å². The summed E-state index contributed by atoms with van der Waals surface area (Å²) >= 11 is 0. The molecular formula is C34H40N9O+. The standard InChI is InChI=1S/C34H39N9O/c1-38-15-17-42(23-38)29-11-13-40(21-29)27-7-3-25(4-8-27)36-32-20-33(34(44)19-31(32)35)37-26-5-9-28(10-6-26)41-14-12-30(22-41)43-18-16-39(2)24-43/h3-10,15-20,24,29-30H,11-14,21-23H2,1-2H3,(H2-,35,36,37,44)/p+1. The summed E-state index contributed by atoms with van der Waals surface area (Å²) in [5.41, 5.74) is 11.6. The van der Waals surface area contributed by atoms with Crippen LogP contribution in [0.25, 0.3) is 0 Å². The predicted molar refractivity (Wildman–Crippen MR) is 175 cm³/mol. The Kier molecular flexibility index (Phi) is 7.33. The molecule has 3 aromatic rings. The molecule has 0 bridgehead atoms. The zero-order chi connectivity index (χ0) is 30.2. The van der Waals surface area contributed by atoms with E-state index in [-0.39, 0.29) is 5.78 Å². The van der Waals surface area contributed by atoms with Gasteiger partial charge in [-0.25, -0.2) is 14.1 Å². The van der Waals surface area contributed by atoms with Crippen LogP contribution in [0.1, 0.15) is 18.9 Å². The molecule has 2 saturated heterocycles. The molecule has 10 nitrogen and oxygen atoms in total. The van der Waals surface area contributed by atoms with Crippen molar-refractivity contribution in [3.05, 3.63) is 103 Å². The third-order valence-electron chi connectivity index (χ3n) is 9.01. The van der Waals surface area contributed by atoms with Crippen molar-refractivity contribution >= 4 is 34.2 Å². The lowest BCUT2D eigenvalue weighted by atomic mass is 10.1. The monoisotopic (exact) mass is 590 g/mol. The average molecular weight is 591 g/mol. The van der Waals surface area contributed by atoms with Gasteiger partial charge in [0.25, 0.3) is 0 Å². The van der Waals surface area contributed by atoms with Crippen LogP contribution in [0.2, 0.25) is 0 Å². The Morgan fingerprint density at radius 1 is 0.909 bits per heavy atom. The van der Waals surface area contributed by atoms with Crippen molar-refractivity contribution in [3.63, 3.8) is 0 Å². The molecule has 2 fully saturated rings. The van der Waals surface area contributed by atoms with E-state index in [1.165, 1.54) is 17.5 Å². The van der Waals surface area contributed by atoms with E-state index in [0.29, 0.717) is 29.2 Å². The van der Waals surface area contributed by atoms with Crippen molar-refractivity contribution in [2.45, 2.75) is 24.9 Å². The summed E-state index contributed by atoms with van der Waals surface area (Å²) in [4.78, 5) is 27.1. The summed E-state index contributed by atoms with van der Waals surface area (Å²) in [5.74, 6) is -0.161. The van der Waals surface area contributed by atoms with Crippen molar-refractivity contribution in [3.8, 4) is 0 Å². The number of hydrogen-bond acceptors (Lipinski definition) is 8. The number of aromatic nitrogens is 2. The van der Waals surface area contributed by atoms with E-state index in [1.807, 2.05) is 31.3 Å². The highest BCUT2D eigenvalue weighted by Gasteiger charge is 2.29. The number of imidazole rings is 1. The number of nitrogens with zero attached hydrogens (tertiary/aromatic N) is 7. The number of aryl methyl sites for hydroxylation is 1. The molecule has 44 heavy (non-hydrogen) atoms. The number of aliphatic imine (C=N–C) groups is 1. The number of allylic oxidation sites excluding steroid dienone is 2. The van der Waals surface area contributed by atoms with Crippen LogP contribution in [0.15, 0.2) is 108 Å². The largest absolute Gasteiger partial charge is 0.397 e. The normalized spacial score (nSPS) is 22.8. The summed E-state index contributed by atoms with van der Waals surface area (Å²) in [6, 6.07) is 17.5. The number of anilines is 3.